The lowest BCUT2D eigenvalue weighted by Crippen LogP contribution is -2.16. The zero-order valence-electron chi connectivity index (χ0n) is 11.6. The van der Waals surface area contributed by atoms with E-state index in [9.17, 15) is 4.79 Å². The van der Waals surface area contributed by atoms with Crippen molar-refractivity contribution in [2.45, 2.75) is 19.9 Å². The quantitative estimate of drug-likeness (QED) is 0.754. The van der Waals surface area contributed by atoms with Crippen LogP contribution in [0.3, 0.4) is 0 Å². The number of carbonyl (C=O) groups excluding carboxylic acids is 1. The second-order valence-electron chi connectivity index (χ2n) is 4.86. The molecule has 3 rings (SSSR count). The van der Waals surface area contributed by atoms with Crippen LogP contribution in [0.2, 0.25) is 0 Å². The Morgan fingerprint density at radius 1 is 1.43 bits per heavy atom. The molecule has 1 amide bonds. The van der Waals surface area contributed by atoms with Crippen LogP contribution in [0.5, 0.6) is 0 Å². The fourth-order valence-electron chi connectivity index (χ4n) is 2.30. The molecule has 2 N–H and O–H groups in total. The van der Waals surface area contributed by atoms with E-state index in [1.807, 2.05) is 35.0 Å². The zero-order valence-corrected chi connectivity index (χ0v) is 13.1. The van der Waals surface area contributed by atoms with Gasteiger partial charge in [0.25, 0.3) is 5.91 Å². The number of hydrogen-bond acceptors (Lipinski definition) is 2. The summed E-state index contributed by atoms with van der Waals surface area (Å²) in [4.78, 5) is 12.4. The van der Waals surface area contributed by atoms with E-state index in [-0.39, 0.29) is 5.91 Å². The normalized spacial score (nSPS) is 11.0. The number of rotatable bonds is 4. The molecule has 108 valence electrons. The van der Waals surface area contributed by atoms with Gasteiger partial charge in [-0.25, -0.2) is 0 Å². The summed E-state index contributed by atoms with van der Waals surface area (Å²) in [5, 5.41) is 10.8. The number of aromatic nitrogens is 3. The molecule has 0 aliphatic carbocycles. The van der Waals surface area contributed by atoms with Crippen molar-refractivity contribution in [3.8, 4) is 0 Å². The Hall–Kier alpha value is -2.08. The van der Waals surface area contributed by atoms with Crippen molar-refractivity contribution in [3.05, 3.63) is 46.8 Å². The SMILES string of the molecule is CCCn1cc(Br)cc1C(=O)Nc1ccc2cn[nH]c2c1. The average Bonchev–Trinajstić information content (AvgIpc) is 3.05. The number of H-pyrrole nitrogens is 1. The lowest BCUT2D eigenvalue weighted by Gasteiger charge is -2.08. The molecule has 5 nitrogen and oxygen atoms in total. The van der Waals surface area contributed by atoms with Gasteiger partial charge in [0.1, 0.15) is 5.69 Å². The highest BCUT2D eigenvalue weighted by atomic mass is 79.9. The van der Waals surface area contributed by atoms with Gasteiger partial charge in [-0.2, -0.15) is 5.10 Å². The number of fused-ring (bicyclic) bond motifs is 1. The highest BCUT2D eigenvalue weighted by molar-refractivity contribution is 9.10. The van der Waals surface area contributed by atoms with E-state index < -0.39 is 0 Å². The van der Waals surface area contributed by atoms with E-state index in [1.54, 1.807) is 6.20 Å². The van der Waals surface area contributed by atoms with Crippen molar-refractivity contribution in [2.24, 2.45) is 0 Å². The number of hydrogen-bond donors (Lipinski definition) is 2. The molecule has 0 fully saturated rings. The first-order chi connectivity index (χ1) is 10.2. The molecule has 0 aliphatic rings. The Labute approximate surface area is 130 Å². The molecule has 6 heteroatoms. The van der Waals surface area contributed by atoms with E-state index in [0.29, 0.717) is 5.69 Å². The number of halogens is 1. The van der Waals surface area contributed by atoms with Crippen molar-refractivity contribution in [3.63, 3.8) is 0 Å². The number of nitrogens with one attached hydrogen (secondary N) is 2. The highest BCUT2D eigenvalue weighted by Crippen LogP contribution is 2.20. The van der Waals surface area contributed by atoms with Gasteiger partial charge < -0.3 is 9.88 Å². The van der Waals surface area contributed by atoms with Crippen LogP contribution in [-0.4, -0.2) is 20.7 Å². The number of aromatic amines is 1. The predicted molar refractivity (Wildman–Crippen MR) is 86.5 cm³/mol. The first-order valence-corrected chi connectivity index (χ1v) is 7.57. The van der Waals surface area contributed by atoms with E-state index in [2.05, 4.69) is 38.4 Å². The number of carbonyl (C=O) groups is 1. The van der Waals surface area contributed by atoms with E-state index in [1.165, 1.54) is 0 Å². The molecule has 3 aromatic rings. The molecule has 0 bridgehead atoms. The fraction of sp³-hybridized carbons (Fsp3) is 0.200. The van der Waals surface area contributed by atoms with Crippen molar-refractivity contribution in [1.82, 2.24) is 14.8 Å². The predicted octanol–water partition coefficient (Wildman–Crippen LogP) is 3.79. The molecule has 0 saturated heterocycles. The smallest absolute Gasteiger partial charge is 0.272 e. The molecular formula is C15H15BrN4O. The lowest BCUT2D eigenvalue weighted by molar-refractivity contribution is 0.101. The Balaban J connectivity index is 1.85. The van der Waals surface area contributed by atoms with Crippen molar-refractivity contribution >= 4 is 38.4 Å². The molecule has 0 spiro atoms. The summed E-state index contributed by atoms with van der Waals surface area (Å²) in [7, 11) is 0. The van der Waals surface area contributed by atoms with Gasteiger partial charge in [-0.05, 0) is 46.6 Å². The first kappa shape index (κ1) is 13.9. The fourth-order valence-corrected chi connectivity index (χ4v) is 2.77. The Bertz CT molecular complexity index is 790. The summed E-state index contributed by atoms with van der Waals surface area (Å²) in [5.74, 6) is -0.118. The number of amides is 1. The molecule has 2 heterocycles. The molecule has 0 atom stereocenters. The number of aryl methyl sites for hydroxylation is 1. The molecule has 2 aromatic heterocycles. The van der Waals surface area contributed by atoms with Crippen LogP contribution in [0.1, 0.15) is 23.8 Å². The van der Waals surface area contributed by atoms with Gasteiger partial charge >= 0.3 is 0 Å². The minimum Gasteiger partial charge on any atom is -0.342 e. The average molecular weight is 347 g/mol. The third-order valence-corrected chi connectivity index (χ3v) is 3.69. The molecule has 0 saturated carbocycles. The maximum atomic E-state index is 12.4. The largest absolute Gasteiger partial charge is 0.342 e. The lowest BCUT2D eigenvalue weighted by atomic mass is 10.2. The molecule has 21 heavy (non-hydrogen) atoms. The van der Waals surface area contributed by atoms with Gasteiger partial charge in [-0.1, -0.05) is 6.92 Å². The Morgan fingerprint density at radius 3 is 3.10 bits per heavy atom. The topological polar surface area (TPSA) is 62.7 Å². The van der Waals surface area contributed by atoms with Crippen LogP contribution >= 0.6 is 15.9 Å². The first-order valence-electron chi connectivity index (χ1n) is 6.77. The molecule has 0 unspecified atom stereocenters. The van der Waals surface area contributed by atoms with E-state index in [4.69, 9.17) is 0 Å². The van der Waals surface area contributed by atoms with Crippen LogP contribution in [0, 0.1) is 0 Å². The Morgan fingerprint density at radius 2 is 2.29 bits per heavy atom. The maximum absolute atomic E-state index is 12.4. The van der Waals surface area contributed by atoms with Gasteiger partial charge in [0.05, 0.1) is 11.7 Å². The van der Waals surface area contributed by atoms with Gasteiger partial charge in [0, 0.05) is 28.3 Å². The molecular weight excluding hydrogens is 332 g/mol. The standard InChI is InChI=1S/C15H15BrN4O/c1-2-5-20-9-11(16)6-14(20)15(21)18-12-4-3-10-8-17-19-13(10)7-12/h3-4,6-9H,2,5H2,1H3,(H,17,19)(H,18,21). The molecule has 0 aliphatic heterocycles. The van der Waals surface area contributed by atoms with E-state index >= 15 is 0 Å². The maximum Gasteiger partial charge on any atom is 0.272 e. The minimum atomic E-state index is -0.118. The van der Waals surface area contributed by atoms with Gasteiger partial charge in [0.15, 0.2) is 0 Å². The molecule has 1 aromatic carbocycles. The van der Waals surface area contributed by atoms with Gasteiger partial charge in [-0.3, -0.25) is 9.89 Å². The van der Waals surface area contributed by atoms with Crippen molar-refractivity contribution in [1.29, 1.82) is 0 Å². The highest BCUT2D eigenvalue weighted by Gasteiger charge is 2.13. The summed E-state index contributed by atoms with van der Waals surface area (Å²) in [6.07, 6.45) is 4.66. The number of anilines is 1. The van der Waals surface area contributed by atoms with Crippen LogP contribution in [0.25, 0.3) is 10.9 Å². The third kappa shape index (κ3) is 2.85. The molecule has 0 radical (unpaired) electrons. The second-order valence-corrected chi connectivity index (χ2v) is 5.78. The van der Waals surface area contributed by atoms with Crippen LogP contribution < -0.4 is 5.32 Å². The zero-order chi connectivity index (χ0) is 14.8. The minimum absolute atomic E-state index is 0.118. The summed E-state index contributed by atoms with van der Waals surface area (Å²) >= 11 is 3.42. The summed E-state index contributed by atoms with van der Waals surface area (Å²) < 4.78 is 2.86. The van der Waals surface area contributed by atoms with Crippen LogP contribution in [0.4, 0.5) is 5.69 Å². The second kappa shape index (κ2) is 5.73. The van der Waals surface area contributed by atoms with Crippen LogP contribution in [0.15, 0.2) is 41.1 Å². The monoisotopic (exact) mass is 346 g/mol. The van der Waals surface area contributed by atoms with Gasteiger partial charge in [-0.15, -0.1) is 0 Å². The summed E-state index contributed by atoms with van der Waals surface area (Å²) in [6, 6.07) is 7.51. The summed E-state index contributed by atoms with van der Waals surface area (Å²) in [5.41, 5.74) is 2.29. The van der Waals surface area contributed by atoms with Crippen LogP contribution in [-0.2, 0) is 6.54 Å². The Kier molecular flexibility index (Phi) is 3.79. The van der Waals surface area contributed by atoms with Crippen molar-refractivity contribution < 1.29 is 4.79 Å². The number of benzene rings is 1. The third-order valence-electron chi connectivity index (χ3n) is 3.26. The summed E-state index contributed by atoms with van der Waals surface area (Å²) in [6.45, 7) is 2.90. The van der Waals surface area contributed by atoms with Gasteiger partial charge in [0.2, 0.25) is 0 Å². The van der Waals surface area contributed by atoms with E-state index in [0.717, 1.165) is 34.0 Å². The number of nitrogens with zero attached hydrogens (tertiary/aromatic N) is 2. The van der Waals surface area contributed by atoms with Crippen molar-refractivity contribution in [2.75, 3.05) is 5.32 Å².